The number of halogens is 1. The van der Waals surface area contributed by atoms with E-state index in [4.69, 9.17) is 9.47 Å². The highest BCUT2D eigenvalue weighted by molar-refractivity contribution is 9.10. The van der Waals surface area contributed by atoms with Crippen LogP contribution in [-0.4, -0.2) is 64.6 Å². The van der Waals surface area contributed by atoms with Crippen molar-refractivity contribution < 1.29 is 27.6 Å². The summed E-state index contributed by atoms with van der Waals surface area (Å²) < 4.78 is 38.9. The molecule has 2 aromatic carbocycles. The van der Waals surface area contributed by atoms with E-state index in [0.29, 0.717) is 56.6 Å². The third kappa shape index (κ3) is 4.77. The maximum atomic E-state index is 12.8. The zero-order valence-electron chi connectivity index (χ0n) is 16.3. The molecular formula is C20H23BrN3O5S+. The van der Waals surface area contributed by atoms with E-state index in [-0.39, 0.29) is 17.3 Å². The van der Waals surface area contributed by atoms with Gasteiger partial charge in [0.1, 0.15) is 13.2 Å². The van der Waals surface area contributed by atoms with Gasteiger partial charge in [-0.2, -0.15) is 4.31 Å². The quantitative estimate of drug-likeness (QED) is 0.637. The lowest BCUT2D eigenvalue weighted by Gasteiger charge is -2.31. The van der Waals surface area contributed by atoms with Crippen molar-refractivity contribution in [3.05, 3.63) is 46.9 Å². The molecule has 2 heterocycles. The number of ether oxygens (including phenoxy) is 2. The molecule has 10 heteroatoms. The molecule has 2 N–H and O–H groups in total. The van der Waals surface area contributed by atoms with Crippen LogP contribution < -0.4 is 19.7 Å². The summed E-state index contributed by atoms with van der Waals surface area (Å²) in [5.41, 5.74) is 0.653. The van der Waals surface area contributed by atoms with Gasteiger partial charge in [0.2, 0.25) is 10.0 Å². The molecule has 0 spiro atoms. The van der Waals surface area contributed by atoms with Crippen LogP contribution in [0, 0.1) is 0 Å². The minimum atomic E-state index is -3.52. The molecule has 0 saturated carbocycles. The van der Waals surface area contributed by atoms with Crippen molar-refractivity contribution in [3.63, 3.8) is 0 Å². The van der Waals surface area contributed by atoms with Gasteiger partial charge in [0.15, 0.2) is 18.0 Å². The molecule has 30 heavy (non-hydrogen) atoms. The Kier molecular flexibility index (Phi) is 6.28. The molecule has 8 nitrogen and oxygen atoms in total. The first kappa shape index (κ1) is 21.1. The van der Waals surface area contributed by atoms with E-state index in [2.05, 4.69) is 21.2 Å². The van der Waals surface area contributed by atoms with Crippen LogP contribution >= 0.6 is 15.9 Å². The van der Waals surface area contributed by atoms with E-state index in [0.717, 1.165) is 9.37 Å². The number of carbonyl (C=O) groups is 1. The number of fused-ring (bicyclic) bond motifs is 1. The lowest BCUT2D eigenvalue weighted by Crippen LogP contribution is -3.15. The molecule has 1 amide bonds. The van der Waals surface area contributed by atoms with Gasteiger partial charge >= 0.3 is 0 Å². The largest absolute Gasteiger partial charge is 0.486 e. The van der Waals surface area contributed by atoms with Crippen LogP contribution in [0.3, 0.4) is 0 Å². The molecule has 2 aliphatic rings. The fourth-order valence-corrected chi connectivity index (χ4v) is 5.23. The zero-order chi connectivity index (χ0) is 21.1. The third-order valence-electron chi connectivity index (χ3n) is 5.12. The van der Waals surface area contributed by atoms with Crippen molar-refractivity contribution in [2.45, 2.75) is 4.90 Å². The van der Waals surface area contributed by atoms with E-state index in [9.17, 15) is 13.2 Å². The van der Waals surface area contributed by atoms with E-state index in [1.165, 1.54) is 4.31 Å². The Morgan fingerprint density at radius 2 is 1.70 bits per heavy atom. The van der Waals surface area contributed by atoms with Gasteiger partial charge in [-0.3, -0.25) is 4.79 Å². The average molecular weight is 497 g/mol. The maximum absolute atomic E-state index is 12.8. The standard InChI is InChI=1S/C20H22BrN3O5S/c21-15-1-4-17(5-2-15)30(26,27)24-9-7-23(8-10-24)14-20(25)22-16-3-6-18-19(13-16)29-12-11-28-18/h1-6,13H,7-12,14H2,(H,22,25)/p+1. The summed E-state index contributed by atoms with van der Waals surface area (Å²) >= 11 is 3.32. The molecule has 2 aliphatic heterocycles. The van der Waals surface area contributed by atoms with Gasteiger partial charge in [-0.1, -0.05) is 15.9 Å². The minimum absolute atomic E-state index is 0.120. The summed E-state index contributed by atoms with van der Waals surface area (Å²) in [6.07, 6.45) is 0. The van der Waals surface area contributed by atoms with Crippen LogP contribution in [0.1, 0.15) is 0 Å². The van der Waals surface area contributed by atoms with E-state index in [1.54, 1.807) is 42.5 Å². The maximum Gasteiger partial charge on any atom is 0.279 e. The molecule has 0 radical (unpaired) electrons. The number of benzene rings is 2. The van der Waals surface area contributed by atoms with Crippen molar-refractivity contribution in [1.29, 1.82) is 0 Å². The second-order valence-corrected chi connectivity index (χ2v) is 10.0. The Morgan fingerprint density at radius 1 is 1.03 bits per heavy atom. The molecule has 2 aromatic rings. The number of amides is 1. The smallest absolute Gasteiger partial charge is 0.279 e. The average Bonchev–Trinajstić information content (AvgIpc) is 2.74. The molecule has 0 aliphatic carbocycles. The van der Waals surface area contributed by atoms with Crippen LogP contribution in [0.2, 0.25) is 0 Å². The Bertz CT molecular complexity index is 1020. The summed E-state index contributed by atoms with van der Waals surface area (Å²) in [4.78, 5) is 13.8. The SMILES string of the molecule is O=C(C[NH+]1CCN(S(=O)(=O)c2ccc(Br)cc2)CC1)Nc1ccc2c(c1)OCCO2. The van der Waals surface area contributed by atoms with Crippen molar-refractivity contribution in [1.82, 2.24) is 4.31 Å². The van der Waals surface area contributed by atoms with Gasteiger partial charge in [0.25, 0.3) is 5.91 Å². The molecule has 4 rings (SSSR count). The second kappa shape index (κ2) is 8.93. The number of hydrogen-bond acceptors (Lipinski definition) is 5. The van der Waals surface area contributed by atoms with Crippen molar-refractivity contribution in [3.8, 4) is 11.5 Å². The molecule has 1 saturated heterocycles. The highest BCUT2D eigenvalue weighted by Crippen LogP contribution is 2.32. The number of quaternary nitrogens is 1. The summed E-state index contributed by atoms with van der Waals surface area (Å²) in [6.45, 7) is 3.19. The molecule has 0 unspecified atom stereocenters. The number of piperazine rings is 1. The van der Waals surface area contributed by atoms with Gasteiger partial charge < -0.3 is 19.7 Å². The lowest BCUT2D eigenvalue weighted by molar-refractivity contribution is -0.895. The highest BCUT2D eigenvalue weighted by Gasteiger charge is 2.31. The van der Waals surface area contributed by atoms with Crippen molar-refractivity contribution >= 4 is 37.5 Å². The number of carbonyl (C=O) groups excluding carboxylic acids is 1. The monoisotopic (exact) mass is 496 g/mol. The first-order valence-electron chi connectivity index (χ1n) is 9.70. The lowest BCUT2D eigenvalue weighted by atomic mass is 10.2. The number of nitrogens with one attached hydrogen (secondary N) is 2. The van der Waals surface area contributed by atoms with E-state index < -0.39 is 10.0 Å². The summed E-state index contributed by atoms with van der Waals surface area (Å²) in [5.74, 6) is 1.18. The van der Waals surface area contributed by atoms with Crippen LogP contribution in [0.15, 0.2) is 51.8 Å². The summed E-state index contributed by atoms with van der Waals surface area (Å²) in [5, 5.41) is 2.88. The van der Waals surface area contributed by atoms with Gasteiger partial charge in [-0.05, 0) is 36.4 Å². The molecule has 160 valence electrons. The number of nitrogens with zero attached hydrogens (tertiary/aromatic N) is 1. The predicted octanol–water partition coefficient (Wildman–Crippen LogP) is 0.748. The fourth-order valence-electron chi connectivity index (χ4n) is 3.53. The van der Waals surface area contributed by atoms with E-state index in [1.807, 2.05) is 0 Å². The number of rotatable bonds is 5. The number of anilines is 1. The minimum Gasteiger partial charge on any atom is -0.486 e. The molecule has 0 atom stereocenters. The second-order valence-electron chi connectivity index (χ2n) is 7.19. The van der Waals surface area contributed by atoms with Crippen LogP contribution in [-0.2, 0) is 14.8 Å². The Labute approximate surface area is 183 Å². The summed E-state index contributed by atoms with van der Waals surface area (Å²) in [6, 6.07) is 11.9. The van der Waals surface area contributed by atoms with Gasteiger partial charge in [-0.25, -0.2) is 8.42 Å². The van der Waals surface area contributed by atoms with Crippen LogP contribution in [0.25, 0.3) is 0 Å². The predicted molar refractivity (Wildman–Crippen MR) is 115 cm³/mol. The first-order valence-corrected chi connectivity index (χ1v) is 11.9. The Morgan fingerprint density at radius 3 is 2.40 bits per heavy atom. The first-order chi connectivity index (χ1) is 14.4. The van der Waals surface area contributed by atoms with Crippen molar-refractivity contribution in [2.75, 3.05) is 51.3 Å². The van der Waals surface area contributed by atoms with Gasteiger partial charge in [0, 0.05) is 16.2 Å². The molecule has 1 fully saturated rings. The fraction of sp³-hybridized carbons (Fsp3) is 0.350. The molecule has 0 aromatic heterocycles. The van der Waals surface area contributed by atoms with Gasteiger partial charge in [-0.15, -0.1) is 0 Å². The third-order valence-corrected chi connectivity index (χ3v) is 7.56. The zero-order valence-corrected chi connectivity index (χ0v) is 18.7. The van der Waals surface area contributed by atoms with Crippen LogP contribution in [0.5, 0.6) is 11.5 Å². The Balaban J connectivity index is 1.30. The van der Waals surface area contributed by atoms with Gasteiger partial charge in [0.05, 0.1) is 31.1 Å². The molecule has 0 bridgehead atoms. The van der Waals surface area contributed by atoms with Crippen LogP contribution in [0.4, 0.5) is 5.69 Å². The normalized spacial score (nSPS) is 17.5. The Hall–Kier alpha value is -2.14. The number of hydrogen-bond donors (Lipinski definition) is 2. The topological polar surface area (TPSA) is 89.4 Å². The van der Waals surface area contributed by atoms with E-state index >= 15 is 0 Å². The number of sulfonamides is 1. The van der Waals surface area contributed by atoms with Crippen molar-refractivity contribution in [2.24, 2.45) is 0 Å². The highest BCUT2D eigenvalue weighted by atomic mass is 79.9. The summed E-state index contributed by atoms with van der Waals surface area (Å²) in [7, 11) is -3.52. The molecular weight excluding hydrogens is 474 g/mol.